The highest BCUT2D eigenvalue weighted by atomic mass is 16.5. The molecule has 2 aliphatic heterocycles. The lowest BCUT2D eigenvalue weighted by Gasteiger charge is -2.38. The molecular weight excluding hydrogens is 238 g/mol. The van der Waals surface area contributed by atoms with Crippen molar-refractivity contribution in [2.45, 2.75) is 19.4 Å². The van der Waals surface area contributed by atoms with Crippen LogP contribution in [0.15, 0.2) is 24.5 Å². The summed E-state index contributed by atoms with van der Waals surface area (Å²) in [6.07, 6.45) is 6.28. The third kappa shape index (κ3) is 3.32. The van der Waals surface area contributed by atoms with Gasteiger partial charge in [0.1, 0.15) is 0 Å². The quantitative estimate of drug-likeness (QED) is 0.870. The number of piperidine rings is 1. The second-order valence-electron chi connectivity index (χ2n) is 5.87. The summed E-state index contributed by atoms with van der Waals surface area (Å²) in [5.41, 5.74) is 1.66. The summed E-state index contributed by atoms with van der Waals surface area (Å²) in [4.78, 5) is 6.75. The zero-order chi connectivity index (χ0) is 13.0. The van der Waals surface area contributed by atoms with Gasteiger partial charge in [0.25, 0.3) is 0 Å². The summed E-state index contributed by atoms with van der Waals surface area (Å²) in [5.74, 6) is 0. The molecule has 0 bridgehead atoms. The molecule has 1 N–H and O–H groups in total. The molecular formula is C15H23N3O. The van der Waals surface area contributed by atoms with E-state index in [1.807, 2.05) is 18.5 Å². The maximum absolute atomic E-state index is 5.87. The monoisotopic (exact) mass is 261 g/mol. The van der Waals surface area contributed by atoms with Crippen molar-refractivity contribution >= 4 is 0 Å². The van der Waals surface area contributed by atoms with Gasteiger partial charge in [-0.15, -0.1) is 0 Å². The van der Waals surface area contributed by atoms with Crippen molar-refractivity contribution in [1.29, 1.82) is 0 Å². The minimum Gasteiger partial charge on any atom is -0.379 e. The van der Waals surface area contributed by atoms with Crippen molar-refractivity contribution in [3.8, 4) is 0 Å². The zero-order valence-electron chi connectivity index (χ0n) is 11.5. The standard InChI is InChI=1S/C15H23N3O/c1-2-14(10-17-5-1)11-18-8-9-19-13-15(12-18)3-6-16-7-4-15/h1-2,5,10,16H,3-4,6-9,11-13H2. The van der Waals surface area contributed by atoms with Crippen molar-refractivity contribution in [2.24, 2.45) is 5.41 Å². The molecule has 3 rings (SSSR count). The lowest BCUT2D eigenvalue weighted by molar-refractivity contribution is 0.0444. The second-order valence-corrected chi connectivity index (χ2v) is 5.87. The van der Waals surface area contributed by atoms with Crippen LogP contribution in [-0.2, 0) is 11.3 Å². The van der Waals surface area contributed by atoms with Gasteiger partial charge in [-0.05, 0) is 37.6 Å². The fourth-order valence-electron chi connectivity index (χ4n) is 3.23. The third-order valence-corrected chi connectivity index (χ3v) is 4.31. The van der Waals surface area contributed by atoms with E-state index in [-0.39, 0.29) is 0 Å². The lowest BCUT2D eigenvalue weighted by Crippen LogP contribution is -2.45. The molecule has 4 nitrogen and oxygen atoms in total. The van der Waals surface area contributed by atoms with E-state index < -0.39 is 0 Å². The van der Waals surface area contributed by atoms with Gasteiger partial charge < -0.3 is 10.1 Å². The summed E-state index contributed by atoms with van der Waals surface area (Å²) < 4.78 is 5.87. The van der Waals surface area contributed by atoms with Crippen LogP contribution in [0.4, 0.5) is 0 Å². The molecule has 0 unspecified atom stereocenters. The maximum Gasteiger partial charge on any atom is 0.0593 e. The molecule has 0 aliphatic carbocycles. The van der Waals surface area contributed by atoms with Gasteiger partial charge in [0.05, 0.1) is 13.2 Å². The van der Waals surface area contributed by atoms with Gasteiger partial charge in [-0.2, -0.15) is 0 Å². The minimum absolute atomic E-state index is 0.365. The van der Waals surface area contributed by atoms with E-state index >= 15 is 0 Å². The number of aromatic nitrogens is 1. The molecule has 3 heterocycles. The Hall–Kier alpha value is -0.970. The molecule has 0 amide bonds. The fourth-order valence-corrected chi connectivity index (χ4v) is 3.23. The van der Waals surface area contributed by atoms with E-state index in [1.165, 1.54) is 18.4 Å². The molecule has 4 heteroatoms. The first kappa shape index (κ1) is 13.0. The zero-order valence-corrected chi connectivity index (χ0v) is 11.5. The van der Waals surface area contributed by atoms with Gasteiger partial charge in [-0.25, -0.2) is 0 Å². The molecule has 0 aromatic carbocycles. The SMILES string of the molecule is c1cncc(CN2CCOCC3(CCNCC3)C2)c1. The molecule has 19 heavy (non-hydrogen) atoms. The van der Waals surface area contributed by atoms with Gasteiger partial charge in [-0.1, -0.05) is 6.07 Å². The van der Waals surface area contributed by atoms with Crippen LogP contribution in [0, 0.1) is 5.41 Å². The van der Waals surface area contributed by atoms with Crippen molar-refractivity contribution in [3.05, 3.63) is 30.1 Å². The van der Waals surface area contributed by atoms with Crippen LogP contribution in [-0.4, -0.2) is 49.3 Å². The summed E-state index contributed by atoms with van der Waals surface area (Å²) >= 11 is 0. The van der Waals surface area contributed by atoms with E-state index in [9.17, 15) is 0 Å². The summed E-state index contributed by atoms with van der Waals surface area (Å²) in [6, 6.07) is 4.18. The van der Waals surface area contributed by atoms with E-state index in [0.29, 0.717) is 5.41 Å². The first-order chi connectivity index (χ1) is 9.36. The predicted octanol–water partition coefficient (Wildman–Crippen LogP) is 1.28. The van der Waals surface area contributed by atoms with Gasteiger partial charge in [0.15, 0.2) is 0 Å². The number of pyridine rings is 1. The first-order valence-electron chi connectivity index (χ1n) is 7.26. The van der Waals surface area contributed by atoms with Crippen LogP contribution >= 0.6 is 0 Å². The van der Waals surface area contributed by atoms with Gasteiger partial charge in [0, 0.05) is 37.4 Å². The number of ether oxygens (including phenoxy) is 1. The van der Waals surface area contributed by atoms with Crippen LogP contribution in [0.2, 0.25) is 0 Å². The fraction of sp³-hybridized carbons (Fsp3) is 0.667. The summed E-state index contributed by atoms with van der Waals surface area (Å²) in [5, 5.41) is 3.46. The van der Waals surface area contributed by atoms with Crippen LogP contribution in [0.3, 0.4) is 0 Å². The van der Waals surface area contributed by atoms with Crippen LogP contribution < -0.4 is 5.32 Å². The predicted molar refractivity (Wildman–Crippen MR) is 74.9 cm³/mol. The third-order valence-electron chi connectivity index (χ3n) is 4.31. The first-order valence-corrected chi connectivity index (χ1v) is 7.26. The highest BCUT2D eigenvalue weighted by molar-refractivity contribution is 5.08. The van der Waals surface area contributed by atoms with Crippen LogP contribution in [0.1, 0.15) is 18.4 Å². The van der Waals surface area contributed by atoms with E-state index in [0.717, 1.165) is 45.9 Å². The van der Waals surface area contributed by atoms with Crippen molar-refractivity contribution in [1.82, 2.24) is 15.2 Å². The smallest absolute Gasteiger partial charge is 0.0593 e. The molecule has 2 saturated heterocycles. The molecule has 0 radical (unpaired) electrons. The Bertz CT molecular complexity index is 390. The van der Waals surface area contributed by atoms with Crippen LogP contribution in [0.5, 0.6) is 0 Å². The summed E-state index contributed by atoms with van der Waals surface area (Å²) in [7, 11) is 0. The van der Waals surface area contributed by atoms with Gasteiger partial charge >= 0.3 is 0 Å². The molecule has 104 valence electrons. The number of hydrogen-bond acceptors (Lipinski definition) is 4. The molecule has 1 spiro atoms. The molecule has 0 saturated carbocycles. The molecule has 0 atom stereocenters. The van der Waals surface area contributed by atoms with Crippen molar-refractivity contribution in [3.63, 3.8) is 0 Å². The van der Waals surface area contributed by atoms with E-state index in [4.69, 9.17) is 4.74 Å². The second kappa shape index (κ2) is 5.99. The normalized spacial score (nSPS) is 24.2. The average Bonchev–Trinajstić information content (AvgIpc) is 2.63. The molecule has 2 fully saturated rings. The number of rotatable bonds is 2. The van der Waals surface area contributed by atoms with Gasteiger partial charge in [0.2, 0.25) is 0 Å². The Morgan fingerprint density at radius 3 is 3.05 bits per heavy atom. The van der Waals surface area contributed by atoms with E-state index in [2.05, 4.69) is 21.3 Å². The van der Waals surface area contributed by atoms with Gasteiger partial charge in [-0.3, -0.25) is 9.88 Å². The average molecular weight is 261 g/mol. The molecule has 1 aromatic heterocycles. The lowest BCUT2D eigenvalue weighted by atomic mass is 9.79. The minimum atomic E-state index is 0.365. The Kier molecular flexibility index (Phi) is 4.11. The van der Waals surface area contributed by atoms with Crippen LogP contribution in [0.25, 0.3) is 0 Å². The number of nitrogens with zero attached hydrogens (tertiary/aromatic N) is 2. The van der Waals surface area contributed by atoms with Crippen molar-refractivity contribution < 1.29 is 4.74 Å². The largest absolute Gasteiger partial charge is 0.379 e. The Morgan fingerprint density at radius 1 is 1.37 bits per heavy atom. The number of hydrogen-bond donors (Lipinski definition) is 1. The Balaban J connectivity index is 1.67. The highest BCUT2D eigenvalue weighted by Crippen LogP contribution is 2.32. The summed E-state index contributed by atoms with van der Waals surface area (Å²) in [6.45, 7) is 7.22. The molecule has 1 aromatic rings. The number of nitrogens with one attached hydrogen (secondary N) is 1. The highest BCUT2D eigenvalue weighted by Gasteiger charge is 2.35. The maximum atomic E-state index is 5.87. The Morgan fingerprint density at radius 2 is 2.26 bits per heavy atom. The molecule has 2 aliphatic rings. The Labute approximate surface area is 115 Å². The topological polar surface area (TPSA) is 37.4 Å². The van der Waals surface area contributed by atoms with Crippen molar-refractivity contribution in [2.75, 3.05) is 39.4 Å². The van der Waals surface area contributed by atoms with E-state index in [1.54, 1.807) is 0 Å².